The maximum atomic E-state index is 10.4. The highest BCUT2D eigenvalue weighted by atomic mass is 16.5. The van der Waals surface area contributed by atoms with Gasteiger partial charge in [0, 0.05) is 12.6 Å². The fourth-order valence-corrected chi connectivity index (χ4v) is 3.53. The number of benzene rings is 2. The van der Waals surface area contributed by atoms with E-state index in [0.717, 1.165) is 30.7 Å². The zero-order valence-electron chi connectivity index (χ0n) is 14.3. The van der Waals surface area contributed by atoms with Gasteiger partial charge < -0.3 is 9.84 Å². The third kappa shape index (κ3) is 4.60. The van der Waals surface area contributed by atoms with Crippen LogP contribution < -0.4 is 4.74 Å². The largest absolute Gasteiger partial charge is 0.491 e. The molecule has 2 aromatic rings. The van der Waals surface area contributed by atoms with Gasteiger partial charge in [-0.15, -0.1) is 0 Å². The molecule has 4 nitrogen and oxygen atoms in total. The first-order valence-corrected chi connectivity index (χ1v) is 8.82. The summed E-state index contributed by atoms with van der Waals surface area (Å²) in [5, 5.41) is 20.0. The quantitative estimate of drug-likeness (QED) is 0.843. The lowest BCUT2D eigenvalue weighted by atomic mass is 9.91. The zero-order valence-corrected chi connectivity index (χ0v) is 14.3. The van der Waals surface area contributed by atoms with Crippen LogP contribution in [0.1, 0.15) is 24.3 Å². The van der Waals surface area contributed by atoms with Crippen molar-refractivity contribution in [2.45, 2.75) is 30.9 Å². The van der Waals surface area contributed by atoms with Crippen LogP contribution in [0.15, 0.2) is 60.7 Å². The van der Waals surface area contributed by atoms with E-state index in [1.54, 1.807) is 0 Å². The standard InChI is InChI=1S/C21H24N2O2/c22-14-20(17-8-3-1-4-9-17)21-12-7-13-23(21)15-18(24)16-25-19-10-5-2-6-11-19/h1-6,8-11,18,20-21,24H,7,12-13,15-16H2. The van der Waals surface area contributed by atoms with Gasteiger partial charge in [-0.05, 0) is 37.1 Å². The highest BCUT2D eigenvalue weighted by Crippen LogP contribution is 2.30. The van der Waals surface area contributed by atoms with Crippen LogP contribution in [0, 0.1) is 11.3 Å². The van der Waals surface area contributed by atoms with Crippen molar-refractivity contribution < 1.29 is 9.84 Å². The normalized spacial score (nSPS) is 19.9. The molecule has 1 saturated heterocycles. The Bertz CT molecular complexity index is 684. The summed E-state index contributed by atoms with van der Waals surface area (Å²) < 4.78 is 5.64. The Morgan fingerprint density at radius 2 is 1.80 bits per heavy atom. The molecule has 25 heavy (non-hydrogen) atoms. The van der Waals surface area contributed by atoms with Gasteiger partial charge in [0.05, 0.1) is 12.0 Å². The Hall–Kier alpha value is -2.35. The van der Waals surface area contributed by atoms with Crippen LogP contribution in [0.3, 0.4) is 0 Å². The van der Waals surface area contributed by atoms with Crippen LogP contribution in [0.25, 0.3) is 0 Å². The number of nitrogens with zero attached hydrogens (tertiary/aromatic N) is 2. The number of β-amino-alcohol motifs (C(OH)–C–C–N with tert-alkyl or cyclic N) is 1. The fourth-order valence-electron chi connectivity index (χ4n) is 3.53. The van der Waals surface area contributed by atoms with Crippen molar-refractivity contribution in [1.29, 1.82) is 5.26 Å². The van der Waals surface area contributed by atoms with E-state index in [1.165, 1.54) is 0 Å². The molecular weight excluding hydrogens is 312 g/mol. The molecule has 1 fully saturated rings. The number of likely N-dealkylation sites (tertiary alicyclic amines) is 1. The molecule has 3 rings (SSSR count). The summed E-state index contributed by atoms with van der Waals surface area (Å²) >= 11 is 0. The van der Waals surface area contributed by atoms with Crippen LogP contribution in [-0.2, 0) is 0 Å². The lowest BCUT2D eigenvalue weighted by molar-refractivity contribution is 0.0623. The number of nitriles is 1. The summed E-state index contributed by atoms with van der Waals surface area (Å²) in [6.07, 6.45) is 1.47. The first-order valence-electron chi connectivity index (χ1n) is 8.82. The highest BCUT2D eigenvalue weighted by molar-refractivity contribution is 5.27. The first kappa shape index (κ1) is 17.5. The van der Waals surface area contributed by atoms with Crippen molar-refractivity contribution in [1.82, 2.24) is 4.90 Å². The Labute approximate surface area is 149 Å². The molecule has 1 N–H and O–H groups in total. The number of aliphatic hydroxyl groups excluding tert-OH is 1. The third-order valence-corrected chi connectivity index (χ3v) is 4.73. The molecule has 0 spiro atoms. The van der Waals surface area contributed by atoms with Crippen LogP contribution in [0.4, 0.5) is 0 Å². The molecule has 0 aliphatic carbocycles. The average Bonchev–Trinajstić information content (AvgIpc) is 3.10. The Balaban J connectivity index is 1.58. The van der Waals surface area contributed by atoms with E-state index in [2.05, 4.69) is 11.0 Å². The topological polar surface area (TPSA) is 56.5 Å². The van der Waals surface area contributed by atoms with Gasteiger partial charge in [0.25, 0.3) is 0 Å². The van der Waals surface area contributed by atoms with Crippen molar-refractivity contribution in [3.63, 3.8) is 0 Å². The van der Waals surface area contributed by atoms with E-state index in [4.69, 9.17) is 4.74 Å². The molecule has 2 aromatic carbocycles. The molecule has 4 heteroatoms. The molecular formula is C21H24N2O2. The van der Waals surface area contributed by atoms with Gasteiger partial charge in [0.15, 0.2) is 0 Å². The summed E-state index contributed by atoms with van der Waals surface area (Å²) in [5.74, 6) is 0.602. The molecule has 0 radical (unpaired) electrons. The predicted molar refractivity (Wildman–Crippen MR) is 97.3 cm³/mol. The SMILES string of the molecule is N#CC(c1ccccc1)C1CCCN1CC(O)COc1ccccc1. The summed E-state index contributed by atoms with van der Waals surface area (Å²) in [6.45, 7) is 1.70. The smallest absolute Gasteiger partial charge is 0.119 e. The second-order valence-corrected chi connectivity index (χ2v) is 6.50. The third-order valence-electron chi connectivity index (χ3n) is 4.73. The number of hydrogen-bond acceptors (Lipinski definition) is 4. The van der Waals surface area contributed by atoms with E-state index in [0.29, 0.717) is 6.54 Å². The molecule has 3 atom stereocenters. The van der Waals surface area contributed by atoms with E-state index in [9.17, 15) is 10.4 Å². The summed E-state index contributed by atoms with van der Waals surface area (Å²) in [4.78, 5) is 2.24. The van der Waals surface area contributed by atoms with Gasteiger partial charge in [-0.3, -0.25) is 4.90 Å². The van der Waals surface area contributed by atoms with Crippen molar-refractivity contribution in [2.75, 3.05) is 19.7 Å². The van der Waals surface area contributed by atoms with E-state index in [1.807, 2.05) is 60.7 Å². The molecule has 0 bridgehead atoms. The molecule has 1 heterocycles. The van der Waals surface area contributed by atoms with E-state index < -0.39 is 6.10 Å². The minimum atomic E-state index is -0.573. The molecule has 3 unspecified atom stereocenters. The van der Waals surface area contributed by atoms with E-state index >= 15 is 0 Å². The monoisotopic (exact) mass is 336 g/mol. The molecule has 1 aliphatic heterocycles. The fraction of sp³-hybridized carbons (Fsp3) is 0.381. The van der Waals surface area contributed by atoms with Gasteiger partial charge in [-0.1, -0.05) is 48.5 Å². The average molecular weight is 336 g/mol. The van der Waals surface area contributed by atoms with Crippen LogP contribution in [0.5, 0.6) is 5.75 Å². The molecule has 1 aliphatic rings. The molecule has 0 amide bonds. The summed E-state index contributed by atoms with van der Waals surface area (Å²) in [7, 11) is 0. The van der Waals surface area contributed by atoms with Gasteiger partial charge in [0.2, 0.25) is 0 Å². The summed E-state index contributed by atoms with van der Waals surface area (Å²) in [5.41, 5.74) is 1.05. The van der Waals surface area contributed by atoms with E-state index in [-0.39, 0.29) is 18.6 Å². The lowest BCUT2D eigenvalue weighted by Crippen LogP contribution is -2.41. The Morgan fingerprint density at radius 3 is 2.48 bits per heavy atom. The van der Waals surface area contributed by atoms with Gasteiger partial charge in [-0.2, -0.15) is 5.26 Å². The van der Waals surface area contributed by atoms with Crippen molar-refractivity contribution in [3.8, 4) is 11.8 Å². The Morgan fingerprint density at radius 1 is 1.12 bits per heavy atom. The van der Waals surface area contributed by atoms with Gasteiger partial charge in [-0.25, -0.2) is 0 Å². The maximum Gasteiger partial charge on any atom is 0.119 e. The van der Waals surface area contributed by atoms with Gasteiger partial charge in [0.1, 0.15) is 18.5 Å². The van der Waals surface area contributed by atoms with Crippen LogP contribution >= 0.6 is 0 Å². The summed E-state index contributed by atoms with van der Waals surface area (Å²) in [6, 6.07) is 22.1. The predicted octanol–water partition coefficient (Wildman–Crippen LogP) is 3.20. The number of para-hydroxylation sites is 1. The van der Waals surface area contributed by atoms with Gasteiger partial charge >= 0.3 is 0 Å². The van der Waals surface area contributed by atoms with Crippen LogP contribution in [-0.4, -0.2) is 41.8 Å². The van der Waals surface area contributed by atoms with Crippen molar-refractivity contribution in [2.24, 2.45) is 0 Å². The molecule has 0 saturated carbocycles. The minimum Gasteiger partial charge on any atom is -0.491 e. The number of aliphatic hydroxyl groups is 1. The lowest BCUT2D eigenvalue weighted by Gasteiger charge is -2.30. The Kier molecular flexibility index (Phi) is 6.05. The number of hydrogen-bond donors (Lipinski definition) is 1. The number of ether oxygens (including phenoxy) is 1. The zero-order chi connectivity index (χ0) is 17.5. The first-order chi connectivity index (χ1) is 12.3. The second-order valence-electron chi connectivity index (χ2n) is 6.50. The minimum absolute atomic E-state index is 0.152. The molecule has 130 valence electrons. The molecule has 0 aromatic heterocycles. The van der Waals surface area contributed by atoms with Crippen molar-refractivity contribution in [3.05, 3.63) is 66.2 Å². The maximum absolute atomic E-state index is 10.4. The highest BCUT2D eigenvalue weighted by Gasteiger charge is 2.33. The number of rotatable bonds is 7. The second kappa shape index (κ2) is 8.66. The van der Waals surface area contributed by atoms with Crippen LogP contribution in [0.2, 0.25) is 0 Å². The van der Waals surface area contributed by atoms with Crippen molar-refractivity contribution >= 4 is 0 Å².